The lowest BCUT2D eigenvalue weighted by molar-refractivity contribution is -0.116. The van der Waals surface area contributed by atoms with Crippen LogP contribution in [0.25, 0.3) is 0 Å². The third-order valence-electron chi connectivity index (χ3n) is 4.14. The Balaban J connectivity index is 2.33. The molecule has 3 rings (SSSR count). The smallest absolute Gasteiger partial charge is 0.312 e. The van der Waals surface area contributed by atoms with E-state index >= 15 is 0 Å². The lowest BCUT2D eigenvalue weighted by Crippen LogP contribution is -2.44. The predicted molar refractivity (Wildman–Crippen MR) is 83.2 cm³/mol. The molecule has 0 aliphatic carbocycles. The molecular formula is C16H17N3O3. The number of benzene rings is 1. The van der Waals surface area contributed by atoms with Gasteiger partial charge in [0.15, 0.2) is 0 Å². The average Bonchev–Trinajstić information content (AvgIpc) is 2.50. The minimum absolute atomic E-state index is 0.192. The summed E-state index contributed by atoms with van der Waals surface area (Å²) >= 11 is 0. The van der Waals surface area contributed by atoms with Gasteiger partial charge >= 0.3 is 5.69 Å². The van der Waals surface area contributed by atoms with Crippen molar-refractivity contribution in [3.63, 3.8) is 0 Å². The van der Waals surface area contributed by atoms with Gasteiger partial charge in [-0.2, -0.15) is 0 Å². The Morgan fingerprint density at radius 3 is 2.55 bits per heavy atom. The average molecular weight is 299 g/mol. The fraction of sp³-hybridized carbons (Fsp3) is 0.312. The van der Waals surface area contributed by atoms with Gasteiger partial charge in [-0.15, -0.1) is 0 Å². The molecule has 0 fully saturated rings. The summed E-state index contributed by atoms with van der Waals surface area (Å²) in [6.45, 7) is 1.96. The number of nitrogens with one attached hydrogen (secondary N) is 1. The predicted octanol–water partition coefficient (Wildman–Crippen LogP) is 0.867. The number of aryl methyl sites for hydroxylation is 1. The molecule has 22 heavy (non-hydrogen) atoms. The van der Waals surface area contributed by atoms with Crippen LogP contribution in [0.1, 0.15) is 29.0 Å². The van der Waals surface area contributed by atoms with Crippen molar-refractivity contribution in [2.45, 2.75) is 19.3 Å². The zero-order valence-electron chi connectivity index (χ0n) is 12.7. The summed E-state index contributed by atoms with van der Waals surface area (Å²) in [7, 11) is 3.01. The van der Waals surface area contributed by atoms with Crippen LogP contribution in [0.4, 0.5) is 5.82 Å². The lowest BCUT2D eigenvalue weighted by atomic mass is 9.86. The van der Waals surface area contributed by atoms with Crippen LogP contribution in [0.3, 0.4) is 0 Å². The molecule has 0 bridgehead atoms. The molecule has 1 atom stereocenters. The van der Waals surface area contributed by atoms with Crippen LogP contribution in [-0.2, 0) is 18.9 Å². The molecule has 6 nitrogen and oxygen atoms in total. The van der Waals surface area contributed by atoms with Gasteiger partial charge in [-0.3, -0.25) is 18.7 Å². The molecule has 1 aliphatic heterocycles. The maximum absolute atomic E-state index is 12.6. The number of nitrogens with zero attached hydrogens (tertiary/aromatic N) is 2. The summed E-state index contributed by atoms with van der Waals surface area (Å²) in [5.74, 6) is -0.229. The van der Waals surface area contributed by atoms with E-state index in [-0.39, 0.29) is 23.8 Å². The Kier molecular flexibility index (Phi) is 3.24. The second kappa shape index (κ2) is 4.98. The van der Waals surface area contributed by atoms with E-state index < -0.39 is 5.69 Å². The molecule has 0 saturated carbocycles. The fourth-order valence-corrected chi connectivity index (χ4v) is 2.98. The number of aromatic nitrogens is 2. The maximum atomic E-state index is 12.6. The van der Waals surface area contributed by atoms with Gasteiger partial charge in [-0.25, -0.2) is 4.79 Å². The van der Waals surface area contributed by atoms with Crippen molar-refractivity contribution >= 4 is 11.7 Å². The van der Waals surface area contributed by atoms with Crippen LogP contribution < -0.4 is 16.6 Å². The van der Waals surface area contributed by atoms with E-state index in [1.165, 1.54) is 11.6 Å². The summed E-state index contributed by atoms with van der Waals surface area (Å²) in [5, 5.41) is 2.66. The highest BCUT2D eigenvalue weighted by atomic mass is 16.2. The highest BCUT2D eigenvalue weighted by Gasteiger charge is 2.32. The van der Waals surface area contributed by atoms with Crippen molar-refractivity contribution in [3.05, 3.63) is 61.8 Å². The topological polar surface area (TPSA) is 73.1 Å². The molecule has 1 aromatic carbocycles. The molecule has 1 N–H and O–H groups in total. The number of anilines is 1. The van der Waals surface area contributed by atoms with Crippen molar-refractivity contribution in [3.8, 4) is 0 Å². The van der Waals surface area contributed by atoms with Gasteiger partial charge in [0.2, 0.25) is 5.91 Å². The quantitative estimate of drug-likeness (QED) is 0.849. The van der Waals surface area contributed by atoms with Crippen molar-refractivity contribution in [2.24, 2.45) is 14.1 Å². The lowest BCUT2D eigenvalue weighted by Gasteiger charge is -2.27. The number of hydrogen-bond donors (Lipinski definition) is 1. The van der Waals surface area contributed by atoms with Crippen molar-refractivity contribution in [2.75, 3.05) is 5.32 Å². The van der Waals surface area contributed by atoms with Gasteiger partial charge in [-0.05, 0) is 12.5 Å². The van der Waals surface area contributed by atoms with Crippen LogP contribution in [0.5, 0.6) is 0 Å². The monoisotopic (exact) mass is 299 g/mol. The number of fused-ring (bicyclic) bond motifs is 1. The minimum Gasteiger partial charge on any atom is -0.312 e. The van der Waals surface area contributed by atoms with E-state index in [9.17, 15) is 14.4 Å². The largest absolute Gasteiger partial charge is 0.332 e. The standard InChI is InChI=1S/C16H17N3O3/c1-9-5-4-6-10(7-9)11-8-12(20)17-14-13(11)15(21)19(3)16(22)18(14)2/h4-7,11H,8H2,1-3H3,(H,17,20)/t11-/m0/s1. The number of carbonyl (C=O) groups excluding carboxylic acids is 1. The fourth-order valence-electron chi connectivity index (χ4n) is 2.98. The number of carbonyl (C=O) groups is 1. The maximum Gasteiger partial charge on any atom is 0.332 e. The first kappa shape index (κ1) is 14.3. The van der Waals surface area contributed by atoms with E-state index in [0.717, 1.165) is 15.7 Å². The Hall–Kier alpha value is -2.63. The molecule has 1 aromatic heterocycles. The van der Waals surface area contributed by atoms with Gasteiger partial charge in [0, 0.05) is 26.4 Å². The minimum atomic E-state index is -0.450. The van der Waals surface area contributed by atoms with Crippen molar-refractivity contribution < 1.29 is 4.79 Å². The third-order valence-corrected chi connectivity index (χ3v) is 4.14. The molecule has 0 unspecified atom stereocenters. The second-order valence-corrected chi connectivity index (χ2v) is 5.69. The zero-order valence-corrected chi connectivity index (χ0v) is 12.7. The first-order valence-corrected chi connectivity index (χ1v) is 7.06. The van der Waals surface area contributed by atoms with Crippen LogP contribution in [0, 0.1) is 6.92 Å². The van der Waals surface area contributed by atoms with Crippen LogP contribution in [-0.4, -0.2) is 15.0 Å². The highest BCUT2D eigenvalue weighted by Crippen LogP contribution is 2.34. The van der Waals surface area contributed by atoms with E-state index in [1.807, 2.05) is 31.2 Å². The highest BCUT2D eigenvalue weighted by molar-refractivity contribution is 5.94. The van der Waals surface area contributed by atoms with Gasteiger partial charge in [0.1, 0.15) is 5.82 Å². The number of rotatable bonds is 1. The first-order valence-electron chi connectivity index (χ1n) is 7.06. The van der Waals surface area contributed by atoms with E-state index in [0.29, 0.717) is 11.4 Å². The molecule has 0 spiro atoms. The Labute approximate surface area is 127 Å². The Morgan fingerprint density at radius 2 is 1.86 bits per heavy atom. The van der Waals surface area contributed by atoms with Crippen molar-refractivity contribution in [1.82, 2.24) is 9.13 Å². The normalized spacial score (nSPS) is 17.0. The second-order valence-electron chi connectivity index (χ2n) is 5.69. The van der Waals surface area contributed by atoms with Gasteiger partial charge < -0.3 is 5.32 Å². The molecule has 6 heteroatoms. The first-order chi connectivity index (χ1) is 10.4. The van der Waals surface area contributed by atoms with Crippen LogP contribution in [0.15, 0.2) is 33.9 Å². The molecule has 1 amide bonds. The Morgan fingerprint density at radius 1 is 1.14 bits per heavy atom. The molecular weight excluding hydrogens is 282 g/mol. The molecule has 0 radical (unpaired) electrons. The van der Waals surface area contributed by atoms with E-state index in [4.69, 9.17) is 0 Å². The van der Waals surface area contributed by atoms with Gasteiger partial charge in [-0.1, -0.05) is 29.8 Å². The SMILES string of the molecule is Cc1cccc([C@@H]2CC(=O)Nc3c2c(=O)n(C)c(=O)n3C)c1. The number of amides is 1. The molecule has 2 aromatic rings. The Bertz CT molecular complexity index is 892. The van der Waals surface area contributed by atoms with Crippen LogP contribution >= 0.6 is 0 Å². The summed E-state index contributed by atoms with van der Waals surface area (Å²) in [6, 6.07) is 7.75. The van der Waals surface area contributed by atoms with E-state index in [1.54, 1.807) is 7.05 Å². The summed E-state index contributed by atoms with van der Waals surface area (Å²) in [5.41, 5.74) is 1.63. The van der Waals surface area contributed by atoms with Gasteiger partial charge in [0.25, 0.3) is 5.56 Å². The molecule has 2 heterocycles. The van der Waals surface area contributed by atoms with Crippen LogP contribution in [0.2, 0.25) is 0 Å². The van der Waals surface area contributed by atoms with Gasteiger partial charge in [0.05, 0.1) is 5.56 Å². The third kappa shape index (κ3) is 2.07. The molecule has 114 valence electrons. The molecule has 0 saturated heterocycles. The zero-order chi connectivity index (χ0) is 16.0. The van der Waals surface area contributed by atoms with Crippen molar-refractivity contribution in [1.29, 1.82) is 0 Å². The van der Waals surface area contributed by atoms with E-state index in [2.05, 4.69) is 5.32 Å². The number of hydrogen-bond acceptors (Lipinski definition) is 3. The summed E-state index contributed by atoms with van der Waals surface area (Å²) < 4.78 is 2.40. The molecule has 1 aliphatic rings. The summed E-state index contributed by atoms with van der Waals surface area (Å²) in [6.07, 6.45) is 0.198. The summed E-state index contributed by atoms with van der Waals surface area (Å²) in [4.78, 5) is 36.6.